The fraction of sp³-hybridized carbons (Fsp3) is 0.130. The molecule has 5 rings (SSSR count). The highest BCUT2D eigenvalue weighted by atomic mass is 32.2. The number of carbonyl (C=O) groups excluding carboxylic acids is 1. The number of hydrogen-bond acceptors (Lipinski definition) is 2. The number of hydrogen-bond donors (Lipinski definition) is 1. The van der Waals surface area contributed by atoms with Crippen molar-refractivity contribution in [1.29, 1.82) is 0 Å². The number of nitrogens with zero attached hydrogens (tertiary/aromatic N) is 1. The van der Waals surface area contributed by atoms with Crippen molar-refractivity contribution < 1.29 is 9.36 Å². The average Bonchev–Trinajstić information content (AvgIpc) is 2.69. The zero-order valence-electron chi connectivity index (χ0n) is 15.2. The highest BCUT2D eigenvalue weighted by molar-refractivity contribution is 7.99. The highest BCUT2D eigenvalue weighted by Gasteiger charge is 2.28. The van der Waals surface area contributed by atoms with Gasteiger partial charge in [-0.3, -0.25) is 4.79 Å². The molecule has 0 spiro atoms. The molecule has 3 aromatic carbocycles. The van der Waals surface area contributed by atoms with E-state index in [9.17, 15) is 4.79 Å². The normalized spacial score (nSPS) is 12.2. The molecular weight excluding hydrogens is 352 g/mol. The van der Waals surface area contributed by atoms with E-state index in [1.54, 1.807) is 6.92 Å². The van der Waals surface area contributed by atoms with E-state index in [0.29, 0.717) is 6.54 Å². The fourth-order valence-corrected chi connectivity index (χ4v) is 5.09. The number of aryl methyl sites for hydroxylation is 1. The van der Waals surface area contributed by atoms with E-state index in [2.05, 4.69) is 77.6 Å². The van der Waals surface area contributed by atoms with Crippen molar-refractivity contribution in [3.63, 3.8) is 0 Å². The van der Waals surface area contributed by atoms with Gasteiger partial charge in [0.15, 0.2) is 0 Å². The molecule has 0 unspecified atom stereocenters. The van der Waals surface area contributed by atoms with Gasteiger partial charge in [-0.25, -0.2) is 0 Å². The van der Waals surface area contributed by atoms with Crippen LogP contribution in [-0.4, -0.2) is 5.91 Å². The molecule has 4 aromatic rings. The number of benzene rings is 3. The molecule has 0 saturated carbocycles. The van der Waals surface area contributed by atoms with Gasteiger partial charge in [0.1, 0.15) is 7.05 Å². The van der Waals surface area contributed by atoms with E-state index < -0.39 is 0 Å². The lowest BCUT2D eigenvalue weighted by molar-refractivity contribution is -0.632. The van der Waals surface area contributed by atoms with Crippen LogP contribution >= 0.6 is 11.8 Å². The Bertz CT molecular complexity index is 1250. The molecule has 1 aromatic heterocycles. The Morgan fingerprint density at radius 3 is 2.67 bits per heavy atom. The Morgan fingerprint density at radius 2 is 1.81 bits per heavy atom. The number of rotatable bonds is 2. The van der Waals surface area contributed by atoms with Crippen molar-refractivity contribution in [2.24, 2.45) is 7.05 Å². The summed E-state index contributed by atoms with van der Waals surface area (Å²) in [6.07, 6.45) is 0. The van der Waals surface area contributed by atoms with E-state index in [4.69, 9.17) is 0 Å². The van der Waals surface area contributed by atoms with Gasteiger partial charge in [-0.1, -0.05) is 42.1 Å². The van der Waals surface area contributed by atoms with Crippen LogP contribution in [0.3, 0.4) is 0 Å². The number of pyridine rings is 1. The van der Waals surface area contributed by atoms with E-state index in [-0.39, 0.29) is 5.91 Å². The summed E-state index contributed by atoms with van der Waals surface area (Å²) in [6.45, 7) is 2.10. The number of aromatic nitrogens is 1. The van der Waals surface area contributed by atoms with E-state index in [0.717, 1.165) is 5.56 Å². The van der Waals surface area contributed by atoms with Crippen molar-refractivity contribution in [3.05, 3.63) is 66.2 Å². The lowest BCUT2D eigenvalue weighted by Gasteiger charge is -2.19. The third-order valence-corrected chi connectivity index (χ3v) is 6.35. The van der Waals surface area contributed by atoms with Crippen molar-refractivity contribution in [2.75, 3.05) is 0 Å². The van der Waals surface area contributed by atoms with Crippen molar-refractivity contribution >= 4 is 39.3 Å². The molecule has 4 heteroatoms. The van der Waals surface area contributed by atoms with Crippen LogP contribution in [0.25, 0.3) is 32.9 Å². The quantitative estimate of drug-likeness (QED) is 0.364. The summed E-state index contributed by atoms with van der Waals surface area (Å²) in [7, 11) is 2.14. The van der Waals surface area contributed by atoms with Gasteiger partial charge in [-0.05, 0) is 29.8 Å². The molecule has 0 aliphatic carbocycles. The lowest BCUT2D eigenvalue weighted by Crippen LogP contribution is -2.33. The Balaban J connectivity index is 1.86. The van der Waals surface area contributed by atoms with Gasteiger partial charge in [-0.2, -0.15) is 4.57 Å². The van der Waals surface area contributed by atoms with Gasteiger partial charge < -0.3 is 5.32 Å². The predicted octanol–water partition coefficient (Wildman–Crippen LogP) is 4.59. The van der Waals surface area contributed by atoms with Crippen molar-refractivity contribution in [2.45, 2.75) is 23.3 Å². The summed E-state index contributed by atoms with van der Waals surface area (Å²) in [5, 5.41) is 6.74. The zero-order chi connectivity index (χ0) is 18.5. The molecule has 2 heterocycles. The van der Waals surface area contributed by atoms with E-state index >= 15 is 0 Å². The topological polar surface area (TPSA) is 33.0 Å². The first kappa shape index (κ1) is 16.3. The molecule has 1 amide bonds. The summed E-state index contributed by atoms with van der Waals surface area (Å²) >= 11 is 1.85. The fourth-order valence-electron chi connectivity index (χ4n) is 3.98. The molecule has 1 aliphatic heterocycles. The van der Waals surface area contributed by atoms with Crippen LogP contribution in [0.15, 0.2) is 70.5 Å². The van der Waals surface area contributed by atoms with Gasteiger partial charge in [-0.15, -0.1) is 0 Å². The van der Waals surface area contributed by atoms with Gasteiger partial charge in [0.2, 0.25) is 17.1 Å². The van der Waals surface area contributed by atoms with Crippen LogP contribution < -0.4 is 9.88 Å². The minimum absolute atomic E-state index is 0.0105. The SMILES string of the molecule is CC(=O)NCc1ccc2c3cccc4c3c([n+](C)c2c1)-c1ccccc1S4. The van der Waals surface area contributed by atoms with Gasteiger partial charge in [0.05, 0.1) is 16.3 Å². The summed E-state index contributed by atoms with van der Waals surface area (Å²) < 4.78 is 2.30. The van der Waals surface area contributed by atoms with Crippen LogP contribution in [0.1, 0.15) is 12.5 Å². The number of carbonyl (C=O) groups is 1. The van der Waals surface area contributed by atoms with Crippen molar-refractivity contribution in [3.8, 4) is 11.3 Å². The maximum absolute atomic E-state index is 11.3. The maximum Gasteiger partial charge on any atom is 0.222 e. The van der Waals surface area contributed by atoms with Crippen LogP contribution in [-0.2, 0) is 18.4 Å². The number of nitrogens with one attached hydrogen (secondary N) is 1. The van der Waals surface area contributed by atoms with Crippen LogP contribution in [0.2, 0.25) is 0 Å². The second-order valence-electron chi connectivity index (χ2n) is 6.95. The number of amides is 1. The lowest BCUT2D eigenvalue weighted by atomic mass is 9.98. The summed E-state index contributed by atoms with van der Waals surface area (Å²) in [5.41, 5.74) is 4.83. The third-order valence-electron chi connectivity index (χ3n) is 5.22. The number of fused-ring (bicyclic) bond motifs is 4. The van der Waals surface area contributed by atoms with Crippen LogP contribution in [0, 0.1) is 0 Å². The molecule has 1 aliphatic rings. The molecular formula is C23H19N2OS+. The van der Waals surface area contributed by atoms with Crippen LogP contribution in [0.5, 0.6) is 0 Å². The first-order valence-electron chi connectivity index (χ1n) is 9.02. The third kappa shape index (κ3) is 2.52. The Hall–Kier alpha value is -2.85. The first-order valence-corrected chi connectivity index (χ1v) is 9.84. The molecule has 0 saturated heterocycles. The van der Waals surface area contributed by atoms with E-state index in [1.807, 2.05) is 11.8 Å². The standard InChI is InChI=1S/C23H18N2OS/c1-14(26)24-13-15-10-11-16-17-7-5-9-21-22(17)23(25(2)19(16)12-15)18-6-3-4-8-20(18)27-21/h3-12H,13H2,1-2H3/p+1. The zero-order valence-corrected chi connectivity index (χ0v) is 16.1. The largest absolute Gasteiger partial charge is 0.352 e. The minimum Gasteiger partial charge on any atom is -0.352 e. The molecule has 27 heavy (non-hydrogen) atoms. The monoisotopic (exact) mass is 371 g/mol. The smallest absolute Gasteiger partial charge is 0.222 e. The average molecular weight is 371 g/mol. The summed E-state index contributed by atoms with van der Waals surface area (Å²) in [6, 6.07) is 21.7. The van der Waals surface area contributed by atoms with E-state index in [1.165, 1.54) is 42.7 Å². The van der Waals surface area contributed by atoms with Crippen molar-refractivity contribution in [1.82, 2.24) is 5.32 Å². The van der Waals surface area contributed by atoms with Crippen LogP contribution in [0.4, 0.5) is 0 Å². The molecule has 132 valence electrons. The second-order valence-corrected chi connectivity index (χ2v) is 8.03. The highest BCUT2D eigenvalue weighted by Crippen LogP contribution is 2.47. The van der Waals surface area contributed by atoms with Gasteiger partial charge in [0, 0.05) is 34.7 Å². The first-order chi connectivity index (χ1) is 13.1. The molecule has 0 fully saturated rings. The summed E-state index contributed by atoms with van der Waals surface area (Å²) in [4.78, 5) is 13.9. The molecule has 1 N–H and O–H groups in total. The second kappa shape index (κ2) is 6.10. The Labute approximate surface area is 162 Å². The summed E-state index contributed by atoms with van der Waals surface area (Å²) in [5.74, 6) is -0.0105. The Morgan fingerprint density at radius 1 is 1.00 bits per heavy atom. The molecule has 0 bridgehead atoms. The minimum atomic E-state index is -0.0105. The molecule has 0 atom stereocenters. The van der Waals surface area contributed by atoms with Gasteiger partial charge >= 0.3 is 0 Å². The molecule has 0 radical (unpaired) electrons. The maximum atomic E-state index is 11.3. The molecule has 3 nitrogen and oxygen atoms in total. The van der Waals surface area contributed by atoms with Gasteiger partial charge in [0.25, 0.3) is 0 Å². The Kier molecular flexibility index (Phi) is 3.69. The predicted molar refractivity (Wildman–Crippen MR) is 110 cm³/mol.